The van der Waals surface area contributed by atoms with E-state index in [1.165, 1.54) is 23.1 Å². The summed E-state index contributed by atoms with van der Waals surface area (Å²) in [5.74, 6) is 3.11. The Kier molecular flexibility index (Phi) is 4.43. The number of benzene rings is 2. The summed E-state index contributed by atoms with van der Waals surface area (Å²) in [5.41, 5.74) is 4.27. The van der Waals surface area contributed by atoms with E-state index in [1.54, 1.807) is 14.2 Å². The molecule has 1 fully saturated rings. The smallest absolute Gasteiger partial charge is 0.164 e. The van der Waals surface area contributed by atoms with Crippen LogP contribution >= 0.6 is 0 Å². The third-order valence-corrected chi connectivity index (χ3v) is 6.16. The summed E-state index contributed by atoms with van der Waals surface area (Å²) < 4.78 is 11.2. The number of hydrogen-bond acceptors (Lipinski definition) is 3. The van der Waals surface area contributed by atoms with Crippen LogP contribution in [0.5, 0.6) is 11.5 Å². The number of nitrogens with zero attached hydrogens (tertiary/aromatic N) is 1. The Labute approximate surface area is 150 Å². The molecule has 3 nitrogen and oxygen atoms in total. The van der Waals surface area contributed by atoms with E-state index in [0.29, 0.717) is 12.0 Å². The van der Waals surface area contributed by atoms with Crippen LogP contribution in [-0.2, 0) is 12.8 Å². The second-order valence-electron chi connectivity index (χ2n) is 7.37. The predicted molar refractivity (Wildman–Crippen MR) is 101 cm³/mol. The van der Waals surface area contributed by atoms with Crippen LogP contribution in [0.3, 0.4) is 0 Å². The molecule has 0 radical (unpaired) electrons. The van der Waals surface area contributed by atoms with Gasteiger partial charge in [0.1, 0.15) is 0 Å². The van der Waals surface area contributed by atoms with Gasteiger partial charge in [-0.15, -0.1) is 0 Å². The fourth-order valence-electron chi connectivity index (χ4n) is 4.98. The lowest BCUT2D eigenvalue weighted by molar-refractivity contribution is 0.258. The molecule has 1 aliphatic carbocycles. The molecule has 2 aromatic carbocycles. The normalized spacial score (nSPS) is 25.3. The van der Waals surface area contributed by atoms with Crippen LogP contribution in [0.15, 0.2) is 42.5 Å². The summed E-state index contributed by atoms with van der Waals surface area (Å²) in [6, 6.07) is 15.9. The van der Waals surface area contributed by atoms with Crippen LogP contribution in [0.25, 0.3) is 0 Å². The fraction of sp³-hybridized carbons (Fsp3) is 0.455. The molecule has 0 bridgehead atoms. The molecule has 3 atom stereocenters. The predicted octanol–water partition coefficient (Wildman–Crippen LogP) is 3.91. The number of hydrogen-bond donors (Lipinski definition) is 0. The van der Waals surface area contributed by atoms with Crippen molar-refractivity contribution in [2.24, 2.45) is 5.92 Å². The van der Waals surface area contributed by atoms with Gasteiger partial charge in [-0.05, 0) is 49.4 Å². The molecule has 1 unspecified atom stereocenters. The van der Waals surface area contributed by atoms with Gasteiger partial charge in [0.15, 0.2) is 11.5 Å². The molecule has 132 valence electrons. The van der Waals surface area contributed by atoms with E-state index in [0.717, 1.165) is 36.8 Å². The minimum absolute atomic E-state index is 0.599. The van der Waals surface area contributed by atoms with Crippen LogP contribution in [-0.4, -0.2) is 38.8 Å². The van der Waals surface area contributed by atoms with Crippen molar-refractivity contribution in [3.63, 3.8) is 0 Å². The Bertz CT molecular complexity index is 743. The minimum atomic E-state index is 0.599. The Morgan fingerprint density at radius 2 is 1.84 bits per heavy atom. The molecular weight excluding hydrogens is 310 g/mol. The summed E-state index contributed by atoms with van der Waals surface area (Å²) >= 11 is 0. The summed E-state index contributed by atoms with van der Waals surface area (Å²) in [4.78, 5) is 2.56. The fourth-order valence-corrected chi connectivity index (χ4v) is 4.98. The van der Waals surface area contributed by atoms with Crippen LogP contribution in [0.2, 0.25) is 0 Å². The van der Waals surface area contributed by atoms with Crippen LogP contribution in [0.1, 0.15) is 29.0 Å². The van der Waals surface area contributed by atoms with Gasteiger partial charge in [0, 0.05) is 24.1 Å². The highest BCUT2D eigenvalue weighted by atomic mass is 16.5. The van der Waals surface area contributed by atoms with Crippen molar-refractivity contribution in [3.8, 4) is 11.5 Å². The van der Waals surface area contributed by atoms with E-state index in [-0.39, 0.29) is 0 Å². The molecule has 2 aliphatic rings. The molecule has 0 N–H and O–H groups in total. The number of methoxy groups -OCH3 is 2. The number of likely N-dealkylation sites (N-methyl/N-ethyl adjacent to an activating group) is 1. The highest BCUT2D eigenvalue weighted by molar-refractivity contribution is 5.53. The first kappa shape index (κ1) is 16.5. The first-order valence-corrected chi connectivity index (χ1v) is 9.20. The maximum Gasteiger partial charge on any atom is 0.164 e. The third kappa shape index (κ3) is 2.81. The van der Waals surface area contributed by atoms with Crippen molar-refractivity contribution in [2.45, 2.75) is 31.2 Å². The van der Waals surface area contributed by atoms with Crippen molar-refractivity contribution in [1.82, 2.24) is 4.90 Å². The second-order valence-corrected chi connectivity index (χ2v) is 7.37. The lowest BCUT2D eigenvalue weighted by Gasteiger charge is -2.32. The van der Waals surface area contributed by atoms with Gasteiger partial charge in [0.05, 0.1) is 14.2 Å². The first-order chi connectivity index (χ1) is 12.2. The Morgan fingerprint density at radius 1 is 1.04 bits per heavy atom. The molecule has 0 spiro atoms. The van der Waals surface area contributed by atoms with Gasteiger partial charge in [0.25, 0.3) is 0 Å². The van der Waals surface area contributed by atoms with E-state index in [4.69, 9.17) is 9.47 Å². The topological polar surface area (TPSA) is 21.7 Å². The van der Waals surface area contributed by atoms with E-state index in [2.05, 4.69) is 54.4 Å². The Hall–Kier alpha value is -2.00. The van der Waals surface area contributed by atoms with Crippen LogP contribution < -0.4 is 9.47 Å². The van der Waals surface area contributed by atoms with Gasteiger partial charge in [-0.3, -0.25) is 0 Å². The number of rotatable bonds is 4. The zero-order chi connectivity index (χ0) is 17.4. The van der Waals surface area contributed by atoms with Gasteiger partial charge in [-0.2, -0.15) is 0 Å². The third-order valence-electron chi connectivity index (χ3n) is 6.16. The monoisotopic (exact) mass is 337 g/mol. The molecule has 25 heavy (non-hydrogen) atoms. The van der Waals surface area contributed by atoms with Crippen molar-refractivity contribution in [1.29, 1.82) is 0 Å². The molecule has 2 aromatic rings. The SMILES string of the molecule is COc1ccc2c(c1OC)CCC1[C@@H]2CN(C)[C@@H]1Cc1ccccc1. The van der Waals surface area contributed by atoms with Gasteiger partial charge >= 0.3 is 0 Å². The van der Waals surface area contributed by atoms with Gasteiger partial charge in [-0.1, -0.05) is 36.4 Å². The molecule has 3 heteroatoms. The minimum Gasteiger partial charge on any atom is -0.493 e. The maximum atomic E-state index is 5.69. The summed E-state index contributed by atoms with van der Waals surface area (Å²) in [7, 11) is 5.75. The summed E-state index contributed by atoms with van der Waals surface area (Å²) in [5, 5.41) is 0. The quantitative estimate of drug-likeness (QED) is 0.844. The molecule has 1 aliphatic heterocycles. The average Bonchev–Trinajstić information content (AvgIpc) is 2.97. The van der Waals surface area contributed by atoms with Gasteiger partial charge in [-0.25, -0.2) is 0 Å². The molecule has 1 saturated heterocycles. The van der Waals surface area contributed by atoms with E-state index >= 15 is 0 Å². The number of ether oxygens (including phenoxy) is 2. The van der Waals surface area contributed by atoms with Crippen molar-refractivity contribution in [2.75, 3.05) is 27.8 Å². The summed E-state index contributed by atoms with van der Waals surface area (Å²) in [6.45, 7) is 1.13. The Morgan fingerprint density at radius 3 is 2.56 bits per heavy atom. The zero-order valence-electron chi connectivity index (χ0n) is 15.4. The van der Waals surface area contributed by atoms with Crippen molar-refractivity contribution >= 4 is 0 Å². The highest BCUT2D eigenvalue weighted by Gasteiger charge is 2.43. The standard InChI is InChI=1S/C22H27NO2/c1-23-14-19-16-11-12-21(24-2)22(25-3)18(16)10-9-17(19)20(23)13-15-7-5-4-6-8-15/h4-8,11-12,17,19-20H,9-10,13-14H2,1-3H3/t17?,19-,20-/m1/s1. The molecule has 0 aromatic heterocycles. The largest absolute Gasteiger partial charge is 0.493 e. The van der Waals surface area contributed by atoms with Gasteiger partial charge in [0.2, 0.25) is 0 Å². The van der Waals surface area contributed by atoms with Gasteiger partial charge < -0.3 is 14.4 Å². The molecule has 0 amide bonds. The van der Waals surface area contributed by atoms with E-state index in [1.807, 2.05) is 0 Å². The zero-order valence-corrected chi connectivity index (χ0v) is 15.4. The molecule has 4 rings (SSSR count). The van der Waals surface area contributed by atoms with E-state index < -0.39 is 0 Å². The Balaban J connectivity index is 1.65. The number of likely N-dealkylation sites (tertiary alicyclic amines) is 1. The highest BCUT2D eigenvalue weighted by Crippen LogP contribution is 2.49. The van der Waals surface area contributed by atoms with Crippen molar-refractivity contribution in [3.05, 3.63) is 59.2 Å². The molecular formula is C22H27NO2. The molecule has 0 saturated carbocycles. The second kappa shape index (κ2) is 6.72. The van der Waals surface area contributed by atoms with Crippen molar-refractivity contribution < 1.29 is 9.47 Å². The lowest BCUT2D eigenvalue weighted by atomic mass is 9.73. The summed E-state index contributed by atoms with van der Waals surface area (Å²) in [6.07, 6.45) is 3.44. The van der Waals surface area contributed by atoms with E-state index in [9.17, 15) is 0 Å². The average molecular weight is 337 g/mol. The first-order valence-electron chi connectivity index (χ1n) is 9.20. The van der Waals surface area contributed by atoms with Crippen LogP contribution in [0.4, 0.5) is 0 Å². The van der Waals surface area contributed by atoms with Crippen LogP contribution in [0, 0.1) is 5.92 Å². The maximum absolute atomic E-state index is 5.69. The number of fused-ring (bicyclic) bond motifs is 3. The lowest BCUT2D eigenvalue weighted by Crippen LogP contribution is -2.32. The molecule has 1 heterocycles.